The Morgan fingerprint density at radius 2 is 2.19 bits per heavy atom. The molecule has 0 bridgehead atoms. The van der Waals surface area contributed by atoms with E-state index in [1.807, 2.05) is 0 Å². The van der Waals surface area contributed by atoms with Gasteiger partial charge in [-0.2, -0.15) is 18.4 Å². The minimum absolute atomic E-state index is 0.0963. The van der Waals surface area contributed by atoms with Gasteiger partial charge in [0.15, 0.2) is 0 Å². The van der Waals surface area contributed by atoms with Crippen molar-refractivity contribution in [1.29, 1.82) is 5.26 Å². The molecule has 0 fully saturated rings. The van der Waals surface area contributed by atoms with E-state index >= 15 is 0 Å². The number of nitrogens with one attached hydrogen (secondary N) is 1. The Morgan fingerprint density at radius 3 is 2.67 bits per heavy atom. The van der Waals surface area contributed by atoms with Crippen LogP contribution in [0.25, 0.3) is 0 Å². The maximum atomic E-state index is 12.6. The Kier molecular flexibility index (Phi) is 5.55. The SMILES string of the molecule is COC(CNc1ccc(C(F)(F)F)c(C#N)c1)CC(=O)O. The largest absolute Gasteiger partial charge is 0.481 e. The Labute approximate surface area is 118 Å². The summed E-state index contributed by atoms with van der Waals surface area (Å²) in [5.74, 6) is -1.05. The molecular formula is C13H13F3N2O3. The standard InChI is InChI=1S/C13H13F3N2O3/c1-21-10(5-12(19)20)7-18-9-2-3-11(13(14,15)16)8(4-9)6-17/h2-4,10,18H,5,7H2,1H3,(H,19,20). The average molecular weight is 302 g/mol. The van der Waals surface area contributed by atoms with E-state index in [0.29, 0.717) is 0 Å². The van der Waals surface area contributed by atoms with Gasteiger partial charge in [-0.3, -0.25) is 4.79 Å². The van der Waals surface area contributed by atoms with E-state index in [4.69, 9.17) is 15.1 Å². The minimum Gasteiger partial charge on any atom is -0.481 e. The summed E-state index contributed by atoms with van der Waals surface area (Å²) in [4.78, 5) is 10.6. The van der Waals surface area contributed by atoms with E-state index in [2.05, 4.69) is 5.32 Å². The van der Waals surface area contributed by atoms with Gasteiger partial charge in [0, 0.05) is 19.3 Å². The molecule has 0 aliphatic heterocycles. The van der Waals surface area contributed by atoms with Gasteiger partial charge in [0.05, 0.1) is 29.7 Å². The van der Waals surface area contributed by atoms with E-state index in [9.17, 15) is 18.0 Å². The summed E-state index contributed by atoms with van der Waals surface area (Å²) < 4.78 is 42.8. The van der Waals surface area contributed by atoms with Crippen LogP contribution in [-0.4, -0.2) is 30.8 Å². The van der Waals surface area contributed by atoms with Crippen molar-refractivity contribution < 1.29 is 27.8 Å². The first-order chi connectivity index (χ1) is 9.77. The summed E-state index contributed by atoms with van der Waals surface area (Å²) in [6, 6.07) is 4.54. The fourth-order valence-electron chi connectivity index (χ4n) is 1.66. The van der Waals surface area contributed by atoms with Crippen LogP contribution in [0.5, 0.6) is 0 Å². The van der Waals surface area contributed by atoms with Gasteiger partial charge in [0.2, 0.25) is 0 Å². The lowest BCUT2D eigenvalue weighted by atomic mass is 10.1. The van der Waals surface area contributed by atoms with Crippen LogP contribution in [0.4, 0.5) is 18.9 Å². The highest BCUT2D eigenvalue weighted by Gasteiger charge is 2.33. The molecule has 1 aromatic carbocycles. The van der Waals surface area contributed by atoms with Crippen LogP contribution >= 0.6 is 0 Å². The van der Waals surface area contributed by atoms with Crippen molar-refractivity contribution in [2.24, 2.45) is 0 Å². The zero-order valence-electron chi connectivity index (χ0n) is 11.1. The number of benzene rings is 1. The molecule has 0 aromatic heterocycles. The Hall–Kier alpha value is -2.27. The number of nitriles is 1. The van der Waals surface area contributed by atoms with Crippen molar-refractivity contribution in [3.05, 3.63) is 29.3 Å². The number of alkyl halides is 3. The third-order valence-electron chi connectivity index (χ3n) is 2.71. The highest BCUT2D eigenvalue weighted by atomic mass is 19.4. The zero-order chi connectivity index (χ0) is 16.0. The number of carboxylic acids is 1. The fourth-order valence-corrected chi connectivity index (χ4v) is 1.66. The second-order valence-electron chi connectivity index (χ2n) is 4.21. The quantitative estimate of drug-likeness (QED) is 0.843. The highest BCUT2D eigenvalue weighted by Crippen LogP contribution is 2.32. The van der Waals surface area contributed by atoms with E-state index in [1.165, 1.54) is 19.2 Å². The van der Waals surface area contributed by atoms with Crippen LogP contribution in [-0.2, 0) is 15.7 Å². The van der Waals surface area contributed by atoms with E-state index in [-0.39, 0.29) is 18.7 Å². The Morgan fingerprint density at radius 1 is 1.52 bits per heavy atom. The zero-order valence-corrected chi connectivity index (χ0v) is 11.1. The maximum Gasteiger partial charge on any atom is 0.417 e. The van der Waals surface area contributed by atoms with Crippen molar-refractivity contribution in [3.63, 3.8) is 0 Å². The van der Waals surface area contributed by atoms with Crippen LogP contribution in [0.1, 0.15) is 17.5 Å². The summed E-state index contributed by atoms with van der Waals surface area (Å²) in [6.45, 7) is 0.0963. The topological polar surface area (TPSA) is 82.3 Å². The summed E-state index contributed by atoms with van der Waals surface area (Å²) in [7, 11) is 1.34. The van der Waals surface area contributed by atoms with Gasteiger partial charge < -0.3 is 15.2 Å². The lowest BCUT2D eigenvalue weighted by Gasteiger charge is -2.16. The summed E-state index contributed by atoms with van der Waals surface area (Å²) in [6.07, 6.45) is -5.47. The first-order valence-electron chi connectivity index (χ1n) is 5.87. The van der Waals surface area contributed by atoms with Crippen molar-refractivity contribution in [3.8, 4) is 6.07 Å². The Balaban J connectivity index is 2.82. The van der Waals surface area contributed by atoms with Crippen molar-refractivity contribution >= 4 is 11.7 Å². The van der Waals surface area contributed by atoms with Crippen molar-refractivity contribution in [2.75, 3.05) is 19.0 Å². The number of methoxy groups -OCH3 is 1. The lowest BCUT2D eigenvalue weighted by Crippen LogP contribution is -2.25. The molecule has 0 aliphatic carbocycles. The van der Waals surface area contributed by atoms with Crippen molar-refractivity contribution in [2.45, 2.75) is 18.7 Å². The van der Waals surface area contributed by atoms with Gasteiger partial charge in [-0.1, -0.05) is 0 Å². The van der Waals surface area contributed by atoms with E-state index in [1.54, 1.807) is 0 Å². The first-order valence-corrected chi connectivity index (χ1v) is 5.87. The number of rotatable bonds is 6. The molecule has 0 amide bonds. The molecule has 5 nitrogen and oxygen atoms in total. The van der Waals surface area contributed by atoms with Crippen LogP contribution in [0.2, 0.25) is 0 Å². The molecule has 0 saturated carbocycles. The predicted octanol–water partition coefficient (Wildman–Crippen LogP) is 2.48. The molecule has 2 N–H and O–H groups in total. The van der Waals surface area contributed by atoms with Crippen LogP contribution < -0.4 is 5.32 Å². The summed E-state index contributed by atoms with van der Waals surface area (Å²) in [5.41, 5.74) is -1.23. The van der Waals surface area contributed by atoms with Gasteiger partial charge in [0.1, 0.15) is 0 Å². The highest BCUT2D eigenvalue weighted by molar-refractivity contribution is 5.67. The van der Waals surface area contributed by atoms with E-state index in [0.717, 1.165) is 12.1 Å². The molecular weight excluding hydrogens is 289 g/mol. The van der Waals surface area contributed by atoms with Crippen LogP contribution in [0.15, 0.2) is 18.2 Å². The summed E-state index contributed by atoms with van der Waals surface area (Å²) in [5, 5.41) is 20.2. The number of ether oxygens (including phenoxy) is 1. The number of nitrogens with zero attached hydrogens (tertiary/aromatic N) is 1. The van der Waals surface area contributed by atoms with Gasteiger partial charge in [-0.15, -0.1) is 0 Å². The number of halogens is 3. The van der Waals surface area contributed by atoms with Crippen LogP contribution in [0.3, 0.4) is 0 Å². The van der Waals surface area contributed by atoms with Crippen molar-refractivity contribution in [1.82, 2.24) is 0 Å². The molecule has 0 heterocycles. The molecule has 0 aliphatic rings. The predicted molar refractivity (Wildman–Crippen MR) is 67.7 cm³/mol. The number of anilines is 1. The number of hydrogen-bond acceptors (Lipinski definition) is 4. The maximum absolute atomic E-state index is 12.6. The smallest absolute Gasteiger partial charge is 0.417 e. The number of aliphatic carboxylic acids is 1. The fraction of sp³-hybridized carbons (Fsp3) is 0.385. The molecule has 0 spiro atoms. The monoisotopic (exact) mass is 302 g/mol. The average Bonchev–Trinajstić information content (AvgIpc) is 2.41. The second-order valence-corrected chi connectivity index (χ2v) is 4.21. The first kappa shape index (κ1) is 16.8. The third kappa shape index (κ3) is 4.96. The summed E-state index contributed by atoms with van der Waals surface area (Å²) >= 11 is 0. The molecule has 0 saturated heterocycles. The number of carbonyl (C=O) groups is 1. The molecule has 0 radical (unpaired) electrons. The molecule has 1 unspecified atom stereocenters. The van der Waals surface area contributed by atoms with Gasteiger partial charge in [-0.05, 0) is 18.2 Å². The van der Waals surface area contributed by atoms with Crippen LogP contribution in [0, 0.1) is 11.3 Å². The van der Waals surface area contributed by atoms with Gasteiger partial charge >= 0.3 is 12.1 Å². The molecule has 114 valence electrons. The normalized spacial score (nSPS) is 12.5. The molecule has 1 rings (SSSR count). The van der Waals surface area contributed by atoms with Gasteiger partial charge in [-0.25, -0.2) is 0 Å². The number of carboxylic acid groups (broad SMARTS) is 1. The molecule has 8 heteroatoms. The molecule has 21 heavy (non-hydrogen) atoms. The Bertz CT molecular complexity index is 553. The minimum atomic E-state index is -4.60. The second kappa shape index (κ2) is 6.95. The van der Waals surface area contributed by atoms with Gasteiger partial charge in [0.25, 0.3) is 0 Å². The number of hydrogen-bond donors (Lipinski definition) is 2. The van der Waals surface area contributed by atoms with E-state index < -0.39 is 29.4 Å². The lowest BCUT2D eigenvalue weighted by molar-refractivity contribution is -0.139. The third-order valence-corrected chi connectivity index (χ3v) is 2.71. The molecule has 1 aromatic rings. The molecule has 1 atom stereocenters.